The smallest absolute Gasteiger partial charge is 0.229 e. The Morgan fingerprint density at radius 2 is 2.00 bits per heavy atom. The van der Waals surface area contributed by atoms with Gasteiger partial charge in [0.25, 0.3) is 0 Å². The molecule has 0 radical (unpaired) electrons. The summed E-state index contributed by atoms with van der Waals surface area (Å²) in [4.78, 5) is 28.8. The molecule has 10 heteroatoms. The molecule has 1 aromatic heterocycles. The molecule has 0 bridgehead atoms. The topological polar surface area (TPSA) is 96.9 Å². The molecule has 0 N–H and O–H groups in total. The molecule has 3 rings (SSSR count). The summed E-state index contributed by atoms with van der Waals surface area (Å²) in [5.41, 5.74) is 0. The highest BCUT2D eigenvalue weighted by Gasteiger charge is 2.34. The van der Waals surface area contributed by atoms with E-state index in [0.29, 0.717) is 42.6 Å². The van der Waals surface area contributed by atoms with Crippen LogP contribution in [-0.2, 0) is 19.6 Å². The zero-order chi connectivity index (χ0) is 18.7. The van der Waals surface area contributed by atoms with Crippen LogP contribution in [0.1, 0.15) is 25.7 Å². The number of hydrogen-bond acceptors (Lipinski definition) is 6. The Morgan fingerprint density at radius 3 is 2.69 bits per heavy atom. The molecule has 3 heterocycles. The van der Waals surface area contributed by atoms with Gasteiger partial charge in [0.1, 0.15) is 6.10 Å². The first kappa shape index (κ1) is 19.2. The highest BCUT2D eigenvalue weighted by atomic mass is 79.9. The van der Waals surface area contributed by atoms with Gasteiger partial charge in [0.05, 0.1) is 16.8 Å². The van der Waals surface area contributed by atoms with Gasteiger partial charge in [-0.3, -0.25) is 14.5 Å². The molecule has 0 aliphatic carbocycles. The van der Waals surface area contributed by atoms with Crippen LogP contribution in [0.2, 0.25) is 0 Å². The molecule has 0 saturated carbocycles. The van der Waals surface area contributed by atoms with Crippen LogP contribution >= 0.6 is 15.9 Å². The van der Waals surface area contributed by atoms with E-state index in [2.05, 4.69) is 20.9 Å². The SMILES string of the molecule is O=C1CCCC(=O)N1CCS(=O)(=O)N1CCC(Oc2ncccc2Br)C1. The van der Waals surface area contributed by atoms with Gasteiger partial charge >= 0.3 is 0 Å². The van der Waals surface area contributed by atoms with Gasteiger partial charge in [0, 0.05) is 32.1 Å². The lowest BCUT2D eigenvalue weighted by atomic mass is 10.1. The van der Waals surface area contributed by atoms with Gasteiger partial charge in [-0.15, -0.1) is 0 Å². The molecule has 1 aromatic rings. The quantitative estimate of drug-likeness (QED) is 0.609. The summed E-state index contributed by atoms with van der Waals surface area (Å²) < 4.78 is 32.9. The number of imide groups is 1. The zero-order valence-corrected chi connectivity index (χ0v) is 16.5. The predicted octanol–water partition coefficient (Wildman–Crippen LogP) is 1.17. The Morgan fingerprint density at radius 1 is 1.27 bits per heavy atom. The van der Waals surface area contributed by atoms with Crippen LogP contribution in [-0.4, -0.2) is 65.9 Å². The van der Waals surface area contributed by atoms with Crippen molar-refractivity contribution in [3.05, 3.63) is 22.8 Å². The van der Waals surface area contributed by atoms with Crippen molar-refractivity contribution in [3.63, 3.8) is 0 Å². The highest BCUT2D eigenvalue weighted by Crippen LogP contribution is 2.25. The second-order valence-corrected chi connectivity index (χ2v) is 9.23. The van der Waals surface area contributed by atoms with E-state index in [1.54, 1.807) is 18.3 Å². The third-order valence-electron chi connectivity index (χ3n) is 4.46. The minimum atomic E-state index is -3.57. The molecule has 2 aliphatic rings. The lowest BCUT2D eigenvalue weighted by molar-refractivity contribution is -0.147. The number of carbonyl (C=O) groups is 2. The van der Waals surface area contributed by atoms with Crippen molar-refractivity contribution in [2.45, 2.75) is 31.8 Å². The molecule has 1 unspecified atom stereocenters. The summed E-state index contributed by atoms with van der Waals surface area (Å²) in [7, 11) is -3.57. The van der Waals surface area contributed by atoms with Crippen molar-refractivity contribution in [1.29, 1.82) is 0 Å². The van der Waals surface area contributed by atoms with E-state index in [-0.39, 0.29) is 36.8 Å². The maximum atomic E-state index is 12.5. The first-order valence-electron chi connectivity index (χ1n) is 8.45. The molecule has 142 valence electrons. The number of hydrogen-bond donors (Lipinski definition) is 0. The summed E-state index contributed by atoms with van der Waals surface area (Å²) in [6.07, 6.45) is 3.01. The van der Waals surface area contributed by atoms with Crippen LogP contribution in [0.4, 0.5) is 0 Å². The first-order chi connectivity index (χ1) is 12.4. The molecule has 8 nitrogen and oxygen atoms in total. The van der Waals surface area contributed by atoms with Crippen molar-refractivity contribution >= 4 is 37.8 Å². The number of nitrogens with zero attached hydrogens (tertiary/aromatic N) is 3. The Balaban J connectivity index is 1.56. The number of likely N-dealkylation sites (tertiary alicyclic amines) is 1. The van der Waals surface area contributed by atoms with E-state index in [0.717, 1.165) is 4.90 Å². The molecule has 0 spiro atoms. The van der Waals surface area contributed by atoms with Crippen molar-refractivity contribution in [3.8, 4) is 5.88 Å². The molecule has 2 saturated heterocycles. The summed E-state index contributed by atoms with van der Waals surface area (Å²) in [5.74, 6) is -0.413. The van der Waals surface area contributed by atoms with Crippen molar-refractivity contribution < 1.29 is 22.7 Å². The lowest BCUT2D eigenvalue weighted by Crippen LogP contribution is -2.44. The predicted molar refractivity (Wildman–Crippen MR) is 96.9 cm³/mol. The molecule has 0 aromatic carbocycles. The van der Waals surface area contributed by atoms with Gasteiger partial charge < -0.3 is 4.74 Å². The van der Waals surface area contributed by atoms with E-state index < -0.39 is 10.0 Å². The van der Waals surface area contributed by atoms with Crippen molar-refractivity contribution in [1.82, 2.24) is 14.2 Å². The van der Waals surface area contributed by atoms with Crippen LogP contribution in [0.3, 0.4) is 0 Å². The number of halogens is 1. The molecule has 2 aliphatic heterocycles. The molecule has 26 heavy (non-hydrogen) atoms. The second-order valence-electron chi connectivity index (χ2n) is 6.29. The van der Waals surface area contributed by atoms with Crippen LogP contribution in [0, 0.1) is 0 Å². The number of pyridine rings is 1. The van der Waals surface area contributed by atoms with E-state index >= 15 is 0 Å². The lowest BCUT2D eigenvalue weighted by Gasteiger charge is -2.25. The largest absolute Gasteiger partial charge is 0.472 e. The molecule has 2 amide bonds. The number of sulfonamides is 1. The first-order valence-corrected chi connectivity index (χ1v) is 10.9. The molecular weight excluding hydrogens is 426 g/mol. The van der Waals surface area contributed by atoms with Crippen molar-refractivity contribution in [2.75, 3.05) is 25.4 Å². The molecule has 1 atom stereocenters. The molecule has 2 fully saturated rings. The van der Waals surface area contributed by atoms with E-state index in [1.807, 2.05) is 0 Å². The normalized spacial score (nSPS) is 22.0. The van der Waals surface area contributed by atoms with Gasteiger partial charge in [-0.1, -0.05) is 0 Å². The van der Waals surface area contributed by atoms with Crippen molar-refractivity contribution in [2.24, 2.45) is 0 Å². The Labute approximate surface area is 160 Å². The monoisotopic (exact) mass is 445 g/mol. The van der Waals surface area contributed by atoms with Gasteiger partial charge in [-0.25, -0.2) is 13.4 Å². The highest BCUT2D eigenvalue weighted by molar-refractivity contribution is 9.10. The number of aromatic nitrogens is 1. The van der Waals surface area contributed by atoms with Crippen LogP contribution in [0.5, 0.6) is 5.88 Å². The van der Waals surface area contributed by atoms with Crippen LogP contribution in [0.25, 0.3) is 0 Å². The fourth-order valence-electron chi connectivity index (χ4n) is 3.05. The average molecular weight is 446 g/mol. The van der Waals surface area contributed by atoms with E-state index in [1.165, 1.54) is 4.31 Å². The summed E-state index contributed by atoms with van der Waals surface area (Å²) in [6.45, 7) is 0.487. The average Bonchev–Trinajstić information content (AvgIpc) is 3.06. The van der Waals surface area contributed by atoms with E-state index in [4.69, 9.17) is 4.74 Å². The fourth-order valence-corrected chi connectivity index (χ4v) is 4.84. The summed E-state index contributed by atoms with van der Waals surface area (Å²) in [5, 5.41) is 0. The van der Waals surface area contributed by atoms with Gasteiger partial charge in [-0.05, 0) is 40.9 Å². The Kier molecular flexibility index (Phi) is 5.93. The third-order valence-corrected chi connectivity index (χ3v) is 6.88. The number of ether oxygens (including phenoxy) is 1. The number of carbonyl (C=O) groups excluding carboxylic acids is 2. The number of rotatable bonds is 6. The van der Waals surface area contributed by atoms with Gasteiger partial charge in [0.15, 0.2) is 0 Å². The van der Waals surface area contributed by atoms with Crippen LogP contribution in [0.15, 0.2) is 22.8 Å². The standard InChI is InChI=1S/C16H20BrN3O5S/c17-13-3-2-7-18-16(13)25-12-6-8-19(11-12)26(23,24)10-9-20-14(21)4-1-5-15(20)22/h2-3,7,12H,1,4-6,8-11H2. The second kappa shape index (κ2) is 8.01. The molecular formula is C16H20BrN3O5S. The summed E-state index contributed by atoms with van der Waals surface area (Å²) in [6, 6.07) is 3.57. The minimum Gasteiger partial charge on any atom is -0.472 e. The van der Waals surface area contributed by atoms with Gasteiger partial charge in [-0.2, -0.15) is 4.31 Å². The van der Waals surface area contributed by atoms with Gasteiger partial charge in [0.2, 0.25) is 27.7 Å². The zero-order valence-electron chi connectivity index (χ0n) is 14.1. The summed E-state index contributed by atoms with van der Waals surface area (Å²) >= 11 is 3.35. The third kappa shape index (κ3) is 4.41. The Hall–Kier alpha value is -1.52. The fraction of sp³-hybridized carbons (Fsp3) is 0.562. The van der Waals surface area contributed by atoms with Crippen LogP contribution < -0.4 is 4.74 Å². The number of piperidine rings is 1. The maximum absolute atomic E-state index is 12.5. The maximum Gasteiger partial charge on any atom is 0.229 e. The minimum absolute atomic E-state index is 0.0895. The Bertz CT molecular complexity index is 785. The number of amides is 2. The van der Waals surface area contributed by atoms with E-state index in [9.17, 15) is 18.0 Å².